The highest BCUT2D eigenvalue weighted by Crippen LogP contribution is 2.25. The molecule has 1 aliphatic rings. The van der Waals surface area contributed by atoms with Crippen LogP contribution in [0.3, 0.4) is 0 Å². The van der Waals surface area contributed by atoms with Gasteiger partial charge in [-0.05, 0) is 17.7 Å². The van der Waals surface area contributed by atoms with Crippen molar-refractivity contribution >= 4 is 10.9 Å². The van der Waals surface area contributed by atoms with E-state index in [1.165, 1.54) is 5.56 Å². The van der Waals surface area contributed by atoms with Gasteiger partial charge in [0.05, 0.1) is 6.54 Å². The third-order valence-electron chi connectivity index (χ3n) is 4.01. The summed E-state index contributed by atoms with van der Waals surface area (Å²) in [7, 11) is 0. The molecule has 0 amide bonds. The number of phenolic OH excluding ortho intramolecular Hbond substituents is 1. The van der Waals surface area contributed by atoms with Crippen LogP contribution in [0.15, 0.2) is 30.5 Å². The van der Waals surface area contributed by atoms with E-state index in [4.69, 9.17) is 6.42 Å². The van der Waals surface area contributed by atoms with E-state index in [-0.39, 0.29) is 5.75 Å². The number of rotatable bonds is 3. The van der Waals surface area contributed by atoms with Crippen LogP contribution in [-0.4, -0.2) is 52.6 Å². The van der Waals surface area contributed by atoms with Gasteiger partial charge < -0.3 is 5.11 Å². The highest BCUT2D eigenvalue weighted by Gasteiger charge is 2.17. The molecule has 4 nitrogen and oxygen atoms in total. The number of benzene rings is 1. The van der Waals surface area contributed by atoms with Crippen molar-refractivity contribution in [2.75, 3.05) is 32.7 Å². The standard InChI is InChI=1S/C17H19N3O/c1-2-8-19-9-11-20(12-10-19)13-14-6-7-18-17-15(14)4-3-5-16(17)21/h1,3-7,21H,8-13H2. The summed E-state index contributed by atoms with van der Waals surface area (Å²) in [5.74, 6) is 2.95. The maximum absolute atomic E-state index is 9.89. The Kier molecular flexibility index (Phi) is 4.05. The number of aromatic nitrogens is 1. The number of hydrogen-bond donors (Lipinski definition) is 1. The fraction of sp³-hybridized carbons (Fsp3) is 0.353. The number of terminal acetylenes is 1. The van der Waals surface area contributed by atoms with Gasteiger partial charge in [-0.25, -0.2) is 0 Å². The zero-order valence-electron chi connectivity index (χ0n) is 12.0. The first kappa shape index (κ1) is 13.9. The average molecular weight is 281 g/mol. The van der Waals surface area contributed by atoms with Gasteiger partial charge in [-0.1, -0.05) is 18.1 Å². The molecule has 0 bridgehead atoms. The van der Waals surface area contributed by atoms with Crippen molar-refractivity contribution in [3.05, 3.63) is 36.0 Å². The van der Waals surface area contributed by atoms with Crippen LogP contribution in [0, 0.1) is 12.3 Å². The molecule has 3 rings (SSSR count). The van der Waals surface area contributed by atoms with Crippen molar-refractivity contribution in [3.63, 3.8) is 0 Å². The molecule has 0 radical (unpaired) electrons. The van der Waals surface area contributed by atoms with E-state index < -0.39 is 0 Å². The van der Waals surface area contributed by atoms with Gasteiger partial charge in [-0.15, -0.1) is 6.42 Å². The van der Waals surface area contributed by atoms with Gasteiger partial charge in [-0.3, -0.25) is 14.8 Å². The molecular weight excluding hydrogens is 262 g/mol. The molecule has 0 aliphatic carbocycles. The molecule has 0 atom stereocenters. The van der Waals surface area contributed by atoms with Crippen molar-refractivity contribution in [1.29, 1.82) is 0 Å². The zero-order valence-corrected chi connectivity index (χ0v) is 12.0. The summed E-state index contributed by atoms with van der Waals surface area (Å²) in [5, 5.41) is 10.9. The van der Waals surface area contributed by atoms with Gasteiger partial charge in [0, 0.05) is 44.3 Å². The van der Waals surface area contributed by atoms with Crippen LogP contribution < -0.4 is 0 Å². The number of phenols is 1. The first-order valence-electron chi connectivity index (χ1n) is 7.21. The van der Waals surface area contributed by atoms with Gasteiger partial charge in [0.1, 0.15) is 11.3 Å². The molecule has 0 unspecified atom stereocenters. The number of aromatic hydroxyl groups is 1. The van der Waals surface area contributed by atoms with Crippen LogP contribution in [0.25, 0.3) is 10.9 Å². The Morgan fingerprint density at radius 2 is 1.90 bits per heavy atom. The van der Waals surface area contributed by atoms with Crippen LogP contribution in [-0.2, 0) is 6.54 Å². The normalized spacial score (nSPS) is 16.9. The molecule has 1 saturated heterocycles. The monoisotopic (exact) mass is 281 g/mol. The Morgan fingerprint density at radius 3 is 2.67 bits per heavy atom. The minimum absolute atomic E-state index is 0.244. The van der Waals surface area contributed by atoms with Gasteiger partial charge >= 0.3 is 0 Å². The van der Waals surface area contributed by atoms with Crippen molar-refractivity contribution in [1.82, 2.24) is 14.8 Å². The van der Waals surface area contributed by atoms with E-state index in [2.05, 4.69) is 20.7 Å². The van der Waals surface area contributed by atoms with E-state index in [9.17, 15) is 5.11 Å². The molecule has 4 heteroatoms. The zero-order chi connectivity index (χ0) is 14.7. The van der Waals surface area contributed by atoms with Crippen molar-refractivity contribution in [2.45, 2.75) is 6.54 Å². The maximum atomic E-state index is 9.89. The predicted molar refractivity (Wildman–Crippen MR) is 84.0 cm³/mol. The smallest absolute Gasteiger partial charge is 0.141 e. The van der Waals surface area contributed by atoms with Crippen LogP contribution in [0.4, 0.5) is 0 Å². The Balaban J connectivity index is 1.75. The second-order valence-corrected chi connectivity index (χ2v) is 5.40. The van der Waals surface area contributed by atoms with E-state index in [0.29, 0.717) is 5.52 Å². The summed E-state index contributed by atoms with van der Waals surface area (Å²) in [5.41, 5.74) is 1.89. The summed E-state index contributed by atoms with van der Waals surface area (Å²) < 4.78 is 0. The van der Waals surface area contributed by atoms with Gasteiger partial charge in [0.15, 0.2) is 0 Å². The molecule has 0 saturated carbocycles. The van der Waals surface area contributed by atoms with E-state index in [1.54, 1.807) is 12.3 Å². The molecule has 1 aliphatic heterocycles. The van der Waals surface area contributed by atoms with Crippen LogP contribution in [0.2, 0.25) is 0 Å². The second-order valence-electron chi connectivity index (χ2n) is 5.40. The third kappa shape index (κ3) is 2.99. The number of para-hydroxylation sites is 1. The Labute approximate surface area is 125 Å². The van der Waals surface area contributed by atoms with Gasteiger partial charge in [0.25, 0.3) is 0 Å². The number of pyridine rings is 1. The Bertz CT molecular complexity index is 669. The van der Waals surface area contributed by atoms with E-state index >= 15 is 0 Å². The molecule has 21 heavy (non-hydrogen) atoms. The lowest BCUT2D eigenvalue weighted by atomic mass is 10.1. The van der Waals surface area contributed by atoms with Crippen molar-refractivity contribution in [2.24, 2.45) is 0 Å². The molecule has 1 fully saturated rings. The molecular formula is C17H19N3O. The molecule has 2 heterocycles. The summed E-state index contributed by atoms with van der Waals surface area (Å²) in [6.45, 7) is 5.68. The molecule has 2 aromatic rings. The summed E-state index contributed by atoms with van der Waals surface area (Å²) in [4.78, 5) is 8.99. The minimum Gasteiger partial charge on any atom is -0.506 e. The number of hydrogen-bond acceptors (Lipinski definition) is 4. The lowest BCUT2D eigenvalue weighted by Gasteiger charge is -2.33. The van der Waals surface area contributed by atoms with Gasteiger partial charge in [0.2, 0.25) is 0 Å². The minimum atomic E-state index is 0.244. The SMILES string of the molecule is C#CCN1CCN(Cc2ccnc3c(O)cccc23)CC1. The van der Waals surface area contributed by atoms with Crippen LogP contribution >= 0.6 is 0 Å². The highest BCUT2D eigenvalue weighted by atomic mass is 16.3. The molecule has 1 aromatic carbocycles. The summed E-state index contributed by atoms with van der Waals surface area (Å²) in [6, 6.07) is 7.60. The molecule has 1 N–H and O–H groups in total. The first-order chi connectivity index (χ1) is 10.3. The van der Waals surface area contributed by atoms with Crippen molar-refractivity contribution in [3.8, 4) is 18.1 Å². The quantitative estimate of drug-likeness (QED) is 0.869. The highest BCUT2D eigenvalue weighted by molar-refractivity contribution is 5.86. The Hall–Kier alpha value is -2.09. The van der Waals surface area contributed by atoms with E-state index in [1.807, 2.05) is 18.2 Å². The summed E-state index contributed by atoms with van der Waals surface area (Å²) >= 11 is 0. The predicted octanol–water partition coefficient (Wildman–Crippen LogP) is 1.69. The van der Waals surface area contributed by atoms with Gasteiger partial charge in [-0.2, -0.15) is 0 Å². The average Bonchev–Trinajstić information content (AvgIpc) is 2.51. The van der Waals surface area contributed by atoms with Crippen LogP contribution in [0.1, 0.15) is 5.56 Å². The fourth-order valence-electron chi connectivity index (χ4n) is 2.83. The molecule has 0 spiro atoms. The number of fused-ring (bicyclic) bond motifs is 1. The lowest BCUT2D eigenvalue weighted by molar-refractivity contribution is 0.139. The first-order valence-corrected chi connectivity index (χ1v) is 7.21. The van der Waals surface area contributed by atoms with Crippen molar-refractivity contribution < 1.29 is 5.11 Å². The lowest BCUT2D eigenvalue weighted by Crippen LogP contribution is -2.45. The maximum Gasteiger partial charge on any atom is 0.141 e. The number of piperazine rings is 1. The molecule has 1 aromatic heterocycles. The number of nitrogens with zero attached hydrogens (tertiary/aromatic N) is 3. The van der Waals surface area contributed by atoms with Crippen LogP contribution in [0.5, 0.6) is 5.75 Å². The fourth-order valence-corrected chi connectivity index (χ4v) is 2.83. The Morgan fingerprint density at radius 1 is 1.14 bits per heavy atom. The second kappa shape index (κ2) is 6.13. The largest absolute Gasteiger partial charge is 0.506 e. The van der Waals surface area contributed by atoms with E-state index in [0.717, 1.165) is 44.7 Å². The summed E-state index contributed by atoms with van der Waals surface area (Å²) in [6.07, 6.45) is 7.13. The molecule has 108 valence electrons. The topological polar surface area (TPSA) is 39.6 Å². The third-order valence-corrected chi connectivity index (χ3v) is 4.01.